The second kappa shape index (κ2) is 15.7. The van der Waals surface area contributed by atoms with Gasteiger partial charge in [-0.25, -0.2) is 4.79 Å². The molecule has 0 radical (unpaired) electrons. The second-order valence-corrected chi connectivity index (χ2v) is 8.55. The summed E-state index contributed by atoms with van der Waals surface area (Å²) in [6.07, 6.45) is -0.464. The average molecular weight is 538 g/mol. The van der Waals surface area contributed by atoms with Crippen LogP contribution in [0.25, 0.3) is 0 Å². The summed E-state index contributed by atoms with van der Waals surface area (Å²) in [6.45, 7) is 1.50. The maximum atomic E-state index is 12.8. The van der Waals surface area contributed by atoms with Gasteiger partial charge in [0.1, 0.15) is 23.9 Å². The minimum Gasteiger partial charge on any atom is -0.508 e. The number of nitrogens with zero attached hydrogens (tertiary/aromatic N) is 1. The van der Waals surface area contributed by atoms with Crippen molar-refractivity contribution in [3.05, 3.63) is 29.8 Å². The number of carboxylic acids is 2. The molecule has 1 aromatic rings. The van der Waals surface area contributed by atoms with Crippen molar-refractivity contribution in [2.45, 2.75) is 63.2 Å². The molecule has 3 amide bonds. The SMILES string of the molecule is CC(NC(=O)C(N)Cc1ccc(O)cc1)C(=O)NC(CCCN=C(N)N)C(=O)NC(CCC(=O)O)C(=O)O. The topological polar surface area (TPSA) is 273 Å². The first-order chi connectivity index (χ1) is 17.8. The van der Waals surface area contributed by atoms with Crippen molar-refractivity contribution in [2.24, 2.45) is 22.2 Å². The molecule has 0 bridgehead atoms. The number of carboxylic acid groups (broad SMARTS) is 2. The lowest BCUT2D eigenvalue weighted by Crippen LogP contribution is -2.56. The summed E-state index contributed by atoms with van der Waals surface area (Å²) >= 11 is 0. The van der Waals surface area contributed by atoms with Crippen molar-refractivity contribution in [3.63, 3.8) is 0 Å². The van der Waals surface area contributed by atoms with Gasteiger partial charge in [-0.05, 0) is 50.3 Å². The summed E-state index contributed by atoms with van der Waals surface area (Å²) in [4.78, 5) is 64.1. The van der Waals surface area contributed by atoms with Gasteiger partial charge in [0.15, 0.2) is 5.96 Å². The Labute approximate surface area is 218 Å². The summed E-state index contributed by atoms with van der Waals surface area (Å²) in [5.41, 5.74) is 17.2. The van der Waals surface area contributed by atoms with Crippen LogP contribution in [-0.2, 0) is 30.4 Å². The lowest BCUT2D eigenvalue weighted by molar-refractivity contribution is -0.143. The minimum atomic E-state index is -1.49. The second-order valence-electron chi connectivity index (χ2n) is 8.55. The average Bonchev–Trinajstić information content (AvgIpc) is 2.83. The standard InChI is InChI=1S/C23H35N7O8/c1-12(28-20(35)15(24)11-13-4-6-14(31)7-5-13)19(34)29-16(3-2-10-27-23(25)26)21(36)30-17(22(37)38)8-9-18(32)33/h4-7,12,15-17,31H,2-3,8-11,24H2,1H3,(H,28,35)(H,29,34)(H,30,36)(H,32,33)(H,37,38)(H4,25,26,27). The van der Waals surface area contributed by atoms with Crippen LogP contribution in [0.3, 0.4) is 0 Å². The Hall–Kier alpha value is -4.40. The Balaban J connectivity index is 2.83. The molecule has 12 N–H and O–H groups in total. The number of phenols is 1. The number of aromatic hydroxyl groups is 1. The van der Waals surface area contributed by atoms with E-state index in [1.54, 1.807) is 12.1 Å². The van der Waals surface area contributed by atoms with Gasteiger partial charge in [0.2, 0.25) is 17.7 Å². The van der Waals surface area contributed by atoms with Gasteiger partial charge in [-0.3, -0.25) is 24.2 Å². The first-order valence-corrected chi connectivity index (χ1v) is 11.7. The molecule has 15 heteroatoms. The fraction of sp³-hybridized carbons (Fsp3) is 0.478. The van der Waals surface area contributed by atoms with Crippen molar-refractivity contribution in [3.8, 4) is 5.75 Å². The number of nitrogens with one attached hydrogen (secondary N) is 3. The zero-order valence-corrected chi connectivity index (χ0v) is 20.9. The van der Waals surface area contributed by atoms with Gasteiger partial charge in [-0.1, -0.05) is 12.1 Å². The maximum Gasteiger partial charge on any atom is 0.326 e. The number of aliphatic imine (C=N–C) groups is 1. The molecule has 0 aliphatic heterocycles. The summed E-state index contributed by atoms with van der Waals surface area (Å²) < 4.78 is 0. The molecular formula is C23H35N7O8. The van der Waals surface area contributed by atoms with Crippen molar-refractivity contribution >= 4 is 35.6 Å². The Bertz CT molecular complexity index is 1010. The monoisotopic (exact) mass is 537 g/mol. The van der Waals surface area contributed by atoms with Gasteiger partial charge in [0.25, 0.3) is 0 Å². The molecule has 0 aliphatic carbocycles. The number of carbonyl (C=O) groups excluding carboxylic acids is 3. The van der Waals surface area contributed by atoms with Crippen LogP contribution in [0.1, 0.15) is 38.2 Å². The third-order valence-electron chi connectivity index (χ3n) is 5.32. The lowest BCUT2D eigenvalue weighted by Gasteiger charge is -2.23. The molecule has 0 spiro atoms. The van der Waals surface area contributed by atoms with Gasteiger partial charge < -0.3 is 48.5 Å². The largest absolute Gasteiger partial charge is 0.508 e. The summed E-state index contributed by atoms with van der Waals surface area (Å²) in [5.74, 6) is -5.01. The zero-order chi connectivity index (χ0) is 28.8. The highest BCUT2D eigenvalue weighted by atomic mass is 16.4. The predicted octanol–water partition coefficient (Wildman–Crippen LogP) is -2.26. The first-order valence-electron chi connectivity index (χ1n) is 11.7. The van der Waals surface area contributed by atoms with Gasteiger partial charge in [-0.15, -0.1) is 0 Å². The van der Waals surface area contributed by atoms with Crippen LogP contribution < -0.4 is 33.2 Å². The van der Waals surface area contributed by atoms with Crippen LogP contribution in [-0.4, -0.2) is 81.7 Å². The number of nitrogens with two attached hydrogens (primary N) is 3. The fourth-order valence-electron chi connectivity index (χ4n) is 3.23. The molecule has 1 rings (SSSR count). The molecule has 0 aromatic heterocycles. The normalized spacial score (nSPS) is 13.7. The van der Waals surface area contributed by atoms with E-state index < -0.39 is 60.2 Å². The number of benzene rings is 1. The predicted molar refractivity (Wildman–Crippen MR) is 136 cm³/mol. The van der Waals surface area contributed by atoms with E-state index >= 15 is 0 Å². The number of rotatable bonds is 16. The molecule has 210 valence electrons. The molecule has 1 aromatic carbocycles. The smallest absolute Gasteiger partial charge is 0.326 e. The third-order valence-corrected chi connectivity index (χ3v) is 5.32. The quantitative estimate of drug-likeness (QED) is 0.0616. The number of hydrogen-bond donors (Lipinski definition) is 9. The summed E-state index contributed by atoms with van der Waals surface area (Å²) in [5, 5.41) is 34.6. The highest BCUT2D eigenvalue weighted by Gasteiger charge is 2.29. The minimum absolute atomic E-state index is 0.0145. The number of carbonyl (C=O) groups is 5. The van der Waals surface area contributed by atoms with E-state index in [2.05, 4.69) is 20.9 Å². The first kappa shape index (κ1) is 31.6. The van der Waals surface area contributed by atoms with E-state index in [-0.39, 0.29) is 43.9 Å². The molecular weight excluding hydrogens is 502 g/mol. The van der Waals surface area contributed by atoms with Crippen molar-refractivity contribution < 1.29 is 39.3 Å². The number of amides is 3. The van der Waals surface area contributed by atoms with Gasteiger partial charge >= 0.3 is 11.9 Å². The molecule has 0 saturated heterocycles. The molecule has 4 atom stereocenters. The number of aliphatic carboxylic acids is 2. The highest BCUT2D eigenvalue weighted by Crippen LogP contribution is 2.11. The van der Waals surface area contributed by atoms with Crippen LogP contribution in [0.2, 0.25) is 0 Å². The summed E-state index contributed by atoms with van der Waals surface area (Å²) in [7, 11) is 0. The van der Waals surface area contributed by atoms with Crippen LogP contribution in [0.5, 0.6) is 5.75 Å². The zero-order valence-electron chi connectivity index (χ0n) is 20.9. The van der Waals surface area contributed by atoms with E-state index in [4.69, 9.17) is 22.3 Å². The van der Waals surface area contributed by atoms with Crippen LogP contribution in [0.4, 0.5) is 0 Å². The molecule has 0 heterocycles. The number of phenolic OH excluding ortho intramolecular Hbond substituents is 1. The molecule has 0 fully saturated rings. The van der Waals surface area contributed by atoms with Crippen LogP contribution in [0.15, 0.2) is 29.3 Å². The molecule has 15 nitrogen and oxygen atoms in total. The number of guanidine groups is 1. The van der Waals surface area contributed by atoms with Crippen LogP contribution >= 0.6 is 0 Å². The number of hydrogen-bond acceptors (Lipinski definition) is 8. The van der Waals surface area contributed by atoms with E-state index in [0.29, 0.717) is 5.56 Å². The fourth-order valence-corrected chi connectivity index (χ4v) is 3.23. The van der Waals surface area contributed by atoms with E-state index in [1.807, 2.05) is 0 Å². The van der Waals surface area contributed by atoms with Gasteiger partial charge in [0, 0.05) is 13.0 Å². The Morgan fingerprint density at radius 3 is 2.05 bits per heavy atom. The Morgan fingerprint density at radius 1 is 0.895 bits per heavy atom. The molecule has 38 heavy (non-hydrogen) atoms. The van der Waals surface area contributed by atoms with Crippen LogP contribution in [0, 0.1) is 0 Å². The Morgan fingerprint density at radius 2 is 1.50 bits per heavy atom. The third kappa shape index (κ3) is 12.0. The maximum absolute atomic E-state index is 12.8. The van der Waals surface area contributed by atoms with E-state index in [1.165, 1.54) is 19.1 Å². The van der Waals surface area contributed by atoms with Gasteiger partial charge in [0.05, 0.1) is 6.04 Å². The van der Waals surface area contributed by atoms with E-state index in [9.17, 15) is 34.2 Å². The van der Waals surface area contributed by atoms with Gasteiger partial charge in [-0.2, -0.15) is 0 Å². The van der Waals surface area contributed by atoms with Crippen molar-refractivity contribution in [1.82, 2.24) is 16.0 Å². The molecule has 0 aliphatic rings. The Kier molecular flexibility index (Phi) is 13.0. The summed E-state index contributed by atoms with van der Waals surface area (Å²) in [6, 6.07) is 1.27. The van der Waals surface area contributed by atoms with Crippen molar-refractivity contribution in [2.75, 3.05) is 6.54 Å². The molecule has 0 saturated carbocycles. The highest BCUT2D eigenvalue weighted by molar-refractivity contribution is 5.94. The molecule has 4 unspecified atom stereocenters. The van der Waals surface area contributed by atoms with Crippen molar-refractivity contribution in [1.29, 1.82) is 0 Å². The lowest BCUT2D eigenvalue weighted by atomic mass is 10.1. The van der Waals surface area contributed by atoms with E-state index in [0.717, 1.165) is 0 Å².